The number of aromatic nitrogens is 2. The molecule has 4 heteroatoms. The number of aliphatic hydroxyl groups excluding tert-OH is 1. The summed E-state index contributed by atoms with van der Waals surface area (Å²) in [5.41, 5.74) is 1.95. The van der Waals surface area contributed by atoms with Crippen molar-refractivity contribution in [3.8, 4) is 0 Å². The van der Waals surface area contributed by atoms with Gasteiger partial charge in [0.2, 0.25) is 0 Å². The van der Waals surface area contributed by atoms with E-state index in [0.29, 0.717) is 6.42 Å². The molecule has 1 aliphatic rings. The van der Waals surface area contributed by atoms with Crippen molar-refractivity contribution < 1.29 is 5.11 Å². The Hall–Kier alpha value is -0.870. The number of rotatable bonds is 4. The van der Waals surface area contributed by atoms with Crippen molar-refractivity contribution in [3.05, 3.63) is 17.5 Å². The van der Waals surface area contributed by atoms with Gasteiger partial charge in [-0.1, -0.05) is 12.8 Å². The molecular weight excluding hydrogens is 250 g/mol. The van der Waals surface area contributed by atoms with Gasteiger partial charge in [-0.2, -0.15) is 5.10 Å². The number of hydrogen-bond donors (Lipinski definition) is 1. The molecule has 2 rings (SSSR count). The van der Waals surface area contributed by atoms with Crippen molar-refractivity contribution in [3.63, 3.8) is 0 Å². The van der Waals surface area contributed by atoms with E-state index in [1.165, 1.54) is 25.7 Å². The molecule has 1 unspecified atom stereocenters. The van der Waals surface area contributed by atoms with E-state index in [2.05, 4.69) is 29.9 Å². The van der Waals surface area contributed by atoms with E-state index in [9.17, 15) is 5.11 Å². The summed E-state index contributed by atoms with van der Waals surface area (Å²) in [6.45, 7) is 8.55. The fourth-order valence-corrected chi connectivity index (χ4v) is 3.16. The predicted molar refractivity (Wildman–Crippen MR) is 81.8 cm³/mol. The van der Waals surface area contributed by atoms with Gasteiger partial charge in [0.15, 0.2) is 0 Å². The van der Waals surface area contributed by atoms with Crippen LogP contribution in [0.1, 0.15) is 50.9 Å². The summed E-state index contributed by atoms with van der Waals surface area (Å²) >= 11 is 0. The third kappa shape index (κ3) is 3.41. The average Bonchev–Trinajstić information content (AvgIpc) is 2.61. The number of likely N-dealkylation sites (tertiary alicyclic amines) is 1. The first-order chi connectivity index (χ1) is 9.41. The zero-order chi connectivity index (χ0) is 14.8. The summed E-state index contributed by atoms with van der Waals surface area (Å²) in [5, 5.41) is 15.1. The Labute approximate surface area is 122 Å². The molecule has 0 saturated carbocycles. The van der Waals surface area contributed by atoms with E-state index in [1.54, 1.807) is 0 Å². The summed E-state index contributed by atoms with van der Waals surface area (Å²) in [6, 6.07) is 2.07. The Bertz CT molecular complexity index is 431. The molecule has 20 heavy (non-hydrogen) atoms. The Balaban J connectivity index is 2.05. The SMILES string of the molecule is Cc1cc(CC(O)C(C)(C)N2CCCCCC2)n(C)n1. The number of hydrogen-bond acceptors (Lipinski definition) is 3. The zero-order valence-corrected chi connectivity index (χ0v) is 13.4. The normalized spacial score (nSPS) is 19.9. The fraction of sp³-hybridized carbons (Fsp3) is 0.812. The lowest BCUT2D eigenvalue weighted by atomic mass is 9.91. The summed E-state index contributed by atoms with van der Waals surface area (Å²) < 4.78 is 1.89. The highest BCUT2D eigenvalue weighted by Crippen LogP contribution is 2.25. The van der Waals surface area contributed by atoms with Crippen LogP contribution in [0.15, 0.2) is 6.07 Å². The maximum Gasteiger partial charge on any atom is 0.0773 e. The molecule has 1 saturated heterocycles. The minimum Gasteiger partial charge on any atom is -0.391 e. The van der Waals surface area contributed by atoms with Crippen LogP contribution in [0.4, 0.5) is 0 Å². The molecule has 0 spiro atoms. The van der Waals surface area contributed by atoms with Gasteiger partial charge in [-0.3, -0.25) is 9.58 Å². The van der Waals surface area contributed by atoms with Crippen molar-refractivity contribution in [1.29, 1.82) is 0 Å². The molecule has 0 amide bonds. The largest absolute Gasteiger partial charge is 0.391 e. The molecule has 1 aliphatic heterocycles. The highest BCUT2D eigenvalue weighted by atomic mass is 16.3. The maximum atomic E-state index is 10.7. The van der Waals surface area contributed by atoms with Gasteiger partial charge < -0.3 is 5.11 Å². The third-order valence-electron chi connectivity index (χ3n) is 4.74. The van der Waals surface area contributed by atoms with Gasteiger partial charge in [0.25, 0.3) is 0 Å². The first-order valence-corrected chi connectivity index (χ1v) is 7.84. The topological polar surface area (TPSA) is 41.3 Å². The lowest BCUT2D eigenvalue weighted by molar-refractivity contribution is -0.00874. The molecule has 1 fully saturated rings. The van der Waals surface area contributed by atoms with Crippen molar-refractivity contribution in [2.75, 3.05) is 13.1 Å². The monoisotopic (exact) mass is 279 g/mol. The number of aryl methyl sites for hydroxylation is 2. The Morgan fingerprint density at radius 3 is 2.35 bits per heavy atom. The number of aliphatic hydroxyl groups is 1. The average molecular weight is 279 g/mol. The van der Waals surface area contributed by atoms with Crippen LogP contribution in [0.3, 0.4) is 0 Å². The molecule has 0 radical (unpaired) electrons. The molecule has 2 heterocycles. The summed E-state index contributed by atoms with van der Waals surface area (Å²) in [6.07, 6.45) is 5.45. The van der Waals surface area contributed by atoms with Crippen LogP contribution < -0.4 is 0 Å². The van der Waals surface area contributed by atoms with Gasteiger partial charge in [-0.15, -0.1) is 0 Å². The van der Waals surface area contributed by atoms with Crippen molar-refractivity contribution in [2.24, 2.45) is 7.05 Å². The summed E-state index contributed by atoms with van der Waals surface area (Å²) in [4.78, 5) is 2.47. The van der Waals surface area contributed by atoms with Crippen LogP contribution in [-0.2, 0) is 13.5 Å². The fourth-order valence-electron chi connectivity index (χ4n) is 3.16. The van der Waals surface area contributed by atoms with Gasteiger partial charge in [-0.05, 0) is 52.8 Å². The van der Waals surface area contributed by atoms with Gasteiger partial charge in [-0.25, -0.2) is 0 Å². The van der Waals surface area contributed by atoms with Gasteiger partial charge in [0, 0.05) is 24.7 Å². The van der Waals surface area contributed by atoms with Crippen molar-refractivity contribution in [1.82, 2.24) is 14.7 Å². The van der Waals surface area contributed by atoms with Gasteiger partial charge in [0.1, 0.15) is 0 Å². The lowest BCUT2D eigenvalue weighted by Gasteiger charge is -2.41. The Kier molecular flexibility index (Phi) is 4.86. The van der Waals surface area contributed by atoms with E-state index in [-0.39, 0.29) is 11.6 Å². The second-order valence-electron chi connectivity index (χ2n) is 6.68. The van der Waals surface area contributed by atoms with E-state index < -0.39 is 0 Å². The summed E-state index contributed by atoms with van der Waals surface area (Å²) in [7, 11) is 1.95. The third-order valence-corrected chi connectivity index (χ3v) is 4.74. The lowest BCUT2D eigenvalue weighted by Crippen LogP contribution is -2.53. The molecular formula is C16H29N3O. The molecule has 0 bridgehead atoms. The van der Waals surface area contributed by atoms with E-state index in [4.69, 9.17) is 0 Å². The molecule has 1 aromatic rings. The molecule has 0 aliphatic carbocycles. The molecule has 1 N–H and O–H groups in total. The highest BCUT2D eigenvalue weighted by molar-refractivity contribution is 5.11. The van der Waals surface area contributed by atoms with Crippen molar-refractivity contribution in [2.45, 2.75) is 64.5 Å². The molecule has 0 aromatic carbocycles. The van der Waals surface area contributed by atoms with Crippen molar-refractivity contribution >= 4 is 0 Å². The van der Waals surface area contributed by atoms with E-state index >= 15 is 0 Å². The quantitative estimate of drug-likeness (QED) is 0.919. The van der Waals surface area contributed by atoms with Crippen LogP contribution in [0.2, 0.25) is 0 Å². The first kappa shape index (κ1) is 15.5. The minimum atomic E-state index is -0.365. The smallest absolute Gasteiger partial charge is 0.0773 e. The second-order valence-corrected chi connectivity index (χ2v) is 6.68. The summed E-state index contributed by atoms with van der Waals surface area (Å²) in [5.74, 6) is 0. The first-order valence-electron chi connectivity index (χ1n) is 7.84. The standard InChI is InChI=1S/C16H29N3O/c1-13-11-14(18(4)17-13)12-15(20)16(2,3)19-9-7-5-6-8-10-19/h11,15,20H,5-10,12H2,1-4H3. The molecule has 4 nitrogen and oxygen atoms in total. The van der Waals surface area contributed by atoms with Crippen LogP contribution in [0.5, 0.6) is 0 Å². The second kappa shape index (κ2) is 6.27. The van der Waals surface area contributed by atoms with Crippen LogP contribution in [-0.4, -0.2) is 44.5 Å². The highest BCUT2D eigenvalue weighted by Gasteiger charge is 2.34. The zero-order valence-electron chi connectivity index (χ0n) is 13.4. The number of nitrogens with zero attached hydrogens (tertiary/aromatic N) is 3. The molecule has 114 valence electrons. The predicted octanol–water partition coefficient (Wildman–Crippen LogP) is 2.29. The maximum absolute atomic E-state index is 10.7. The van der Waals surface area contributed by atoms with Crippen LogP contribution in [0.25, 0.3) is 0 Å². The van der Waals surface area contributed by atoms with Crippen LogP contribution >= 0.6 is 0 Å². The Morgan fingerprint density at radius 2 is 1.85 bits per heavy atom. The minimum absolute atomic E-state index is 0.178. The van der Waals surface area contributed by atoms with Crippen LogP contribution in [0, 0.1) is 6.92 Å². The molecule has 1 aromatic heterocycles. The van der Waals surface area contributed by atoms with E-state index in [0.717, 1.165) is 24.5 Å². The van der Waals surface area contributed by atoms with E-state index in [1.807, 2.05) is 18.7 Å². The Morgan fingerprint density at radius 1 is 1.25 bits per heavy atom. The van der Waals surface area contributed by atoms with Gasteiger partial charge >= 0.3 is 0 Å². The molecule has 1 atom stereocenters. The van der Waals surface area contributed by atoms with Gasteiger partial charge in [0.05, 0.1) is 11.8 Å².